The lowest BCUT2D eigenvalue weighted by Gasteiger charge is -2.09. The number of esters is 1. The molecule has 0 saturated heterocycles. The minimum atomic E-state index is -0.702. The Hall–Kier alpha value is -3.02. The van der Waals surface area contributed by atoms with Gasteiger partial charge in [-0.15, -0.1) is 0 Å². The van der Waals surface area contributed by atoms with E-state index >= 15 is 0 Å². The van der Waals surface area contributed by atoms with Crippen LogP contribution in [-0.2, 0) is 9.53 Å². The summed E-state index contributed by atoms with van der Waals surface area (Å²) in [5.74, 6) is 0.391. The topological polar surface area (TPSA) is 73.9 Å². The van der Waals surface area contributed by atoms with Crippen LogP contribution in [0, 0.1) is 6.92 Å². The zero-order valence-electron chi connectivity index (χ0n) is 12.7. The number of nitrogens with one attached hydrogen (secondary N) is 1. The molecule has 6 heteroatoms. The van der Waals surface area contributed by atoms with Crippen molar-refractivity contribution in [1.29, 1.82) is 0 Å². The molecule has 0 atom stereocenters. The summed E-state index contributed by atoms with van der Waals surface area (Å²) in [6, 6.07) is 15.9. The summed E-state index contributed by atoms with van der Waals surface area (Å²) in [5.41, 5.74) is 0.972. The van der Waals surface area contributed by atoms with Gasteiger partial charge in [0.05, 0.1) is 0 Å². The molecule has 6 nitrogen and oxygen atoms in total. The smallest absolute Gasteiger partial charge is 0.415 e. The van der Waals surface area contributed by atoms with E-state index in [1.807, 2.05) is 19.1 Å². The largest absolute Gasteiger partial charge is 0.482 e. The first-order chi connectivity index (χ1) is 11.1. The van der Waals surface area contributed by atoms with E-state index in [-0.39, 0.29) is 13.3 Å². The van der Waals surface area contributed by atoms with Crippen LogP contribution in [-0.4, -0.2) is 25.4 Å². The van der Waals surface area contributed by atoms with Gasteiger partial charge < -0.3 is 14.2 Å². The molecular weight excluding hydrogens is 298 g/mol. The van der Waals surface area contributed by atoms with Crippen molar-refractivity contribution in [2.75, 3.05) is 13.3 Å². The average Bonchev–Trinajstić information content (AvgIpc) is 2.54. The van der Waals surface area contributed by atoms with Gasteiger partial charge in [0.15, 0.2) is 13.3 Å². The average molecular weight is 315 g/mol. The van der Waals surface area contributed by atoms with Crippen molar-refractivity contribution in [3.05, 3.63) is 60.2 Å². The van der Waals surface area contributed by atoms with Crippen LogP contribution >= 0.6 is 0 Å². The second-order valence-electron chi connectivity index (χ2n) is 4.65. The molecule has 0 bridgehead atoms. The molecule has 1 amide bonds. The number of hydrogen-bond donors (Lipinski definition) is 1. The molecule has 0 aromatic heterocycles. The fraction of sp³-hybridized carbons (Fsp3) is 0.176. The molecule has 2 aromatic carbocycles. The first kappa shape index (κ1) is 16.4. The van der Waals surface area contributed by atoms with E-state index in [9.17, 15) is 9.59 Å². The predicted molar refractivity (Wildman–Crippen MR) is 83.2 cm³/mol. The van der Waals surface area contributed by atoms with Gasteiger partial charge in [-0.1, -0.05) is 30.3 Å². The van der Waals surface area contributed by atoms with Crippen LogP contribution in [0.2, 0.25) is 0 Å². The first-order valence-corrected chi connectivity index (χ1v) is 6.99. The Morgan fingerprint density at radius 2 is 1.74 bits per heavy atom. The molecule has 0 heterocycles. The summed E-state index contributed by atoms with van der Waals surface area (Å²) in [4.78, 5) is 23.0. The lowest BCUT2D eigenvalue weighted by molar-refractivity contribution is -0.146. The highest BCUT2D eigenvalue weighted by atomic mass is 16.6. The third-order valence-corrected chi connectivity index (χ3v) is 2.75. The van der Waals surface area contributed by atoms with Crippen LogP contribution in [0.1, 0.15) is 5.56 Å². The molecule has 0 saturated carbocycles. The number of rotatable bonds is 6. The standard InChI is InChI=1S/C17H17NO5/c1-13-6-5-9-15(10-13)23-17(20)18-12-22-16(19)11-21-14-7-3-2-4-8-14/h2-10H,11-12H2,1H3,(H,18,20). The van der Waals surface area contributed by atoms with Gasteiger partial charge in [0.2, 0.25) is 0 Å². The third-order valence-electron chi connectivity index (χ3n) is 2.75. The highest BCUT2D eigenvalue weighted by molar-refractivity contribution is 5.72. The SMILES string of the molecule is Cc1cccc(OC(=O)NCOC(=O)COc2ccccc2)c1. The van der Waals surface area contributed by atoms with Gasteiger partial charge in [-0.05, 0) is 36.8 Å². The first-order valence-electron chi connectivity index (χ1n) is 6.99. The van der Waals surface area contributed by atoms with Crippen molar-refractivity contribution in [3.8, 4) is 11.5 Å². The maximum Gasteiger partial charge on any atom is 0.415 e. The monoisotopic (exact) mass is 315 g/mol. The molecule has 23 heavy (non-hydrogen) atoms. The lowest BCUT2D eigenvalue weighted by atomic mass is 10.2. The summed E-state index contributed by atoms with van der Waals surface area (Å²) < 4.78 is 15.1. The molecular formula is C17H17NO5. The second-order valence-corrected chi connectivity index (χ2v) is 4.65. The fourth-order valence-electron chi connectivity index (χ4n) is 1.70. The molecule has 1 N–H and O–H groups in total. The van der Waals surface area contributed by atoms with Crippen molar-refractivity contribution in [1.82, 2.24) is 5.32 Å². The lowest BCUT2D eigenvalue weighted by Crippen LogP contribution is -2.31. The van der Waals surface area contributed by atoms with Crippen molar-refractivity contribution >= 4 is 12.1 Å². The van der Waals surface area contributed by atoms with E-state index in [1.165, 1.54) is 0 Å². The van der Waals surface area contributed by atoms with Gasteiger partial charge in [-0.2, -0.15) is 0 Å². The Morgan fingerprint density at radius 3 is 2.48 bits per heavy atom. The summed E-state index contributed by atoms with van der Waals surface area (Å²) in [6.45, 7) is 1.36. The van der Waals surface area contributed by atoms with Crippen molar-refractivity contribution in [2.45, 2.75) is 6.92 Å². The molecule has 0 radical (unpaired) electrons. The maximum atomic E-state index is 11.5. The van der Waals surface area contributed by atoms with Crippen LogP contribution in [0.5, 0.6) is 11.5 Å². The number of ether oxygens (including phenoxy) is 3. The Labute approximate surface area is 134 Å². The predicted octanol–water partition coefficient (Wildman–Crippen LogP) is 2.66. The molecule has 0 aliphatic carbocycles. The van der Waals surface area contributed by atoms with E-state index in [0.717, 1.165) is 5.56 Å². The number of para-hydroxylation sites is 1. The van der Waals surface area contributed by atoms with E-state index in [0.29, 0.717) is 11.5 Å². The number of carbonyl (C=O) groups is 2. The minimum Gasteiger partial charge on any atom is -0.482 e. The highest BCUT2D eigenvalue weighted by Gasteiger charge is 2.07. The van der Waals surface area contributed by atoms with Gasteiger partial charge in [-0.3, -0.25) is 5.32 Å². The number of hydrogen-bond acceptors (Lipinski definition) is 5. The minimum absolute atomic E-state index is 0.237. The van der Waals surface area contributed by atoms with Crippen molar-refractivity contribution < 1.29 is 23.8 Å². The number of carbonyl (C=O) groups excluding carboxylic acids is 2. The van der Waals surface area contributed by atoms with E-state index in [4.69, 9.17) is 14.2 Å². The quantitative estimate of drug-likeness (QED) is 0.655. The van der Waals surface area contributed by atoms with Gasteiger partial charge in [0.1, 0.15) is 11.5 Å². The summed E-state index contributed by atoms with van der Waals surface area (Å²) >= 11 is 0. The zero-order chi connectivity index (χ0) is 16.5. The Bertz CT molecular complexity index is 657. The van der Waals surface area contributed by atoms with Gasteiger partial charge in [0, 0.05) is 0 Å². The van der Waals surface area contributed by atoms with E-state index in [1.54, 1.807) is 42.5 Å². The van der Waals surface area contributed by atoms with Crippen LogP contribution < -0.4 is 14.8 Å². The summed E-state index contributed by atoms with van der Waals surface area (Å²) in [6.07, 6.45) is -0.702. The van der Waals surface area contributed by atoms with E-state index < -0.39 is 12.1 Å². The molecule has 0 aliphatic heterocycles. The van der Waals surface area contributed by atoms with Gasteiger partial charge in [-0.25, -0.2) is 9.59 Å². The molecule has 0 aliphatic rings. The van der Waals surface area contributed by atoms with Crippen molar-refractivity contribution in [2.24, 2.45) is 0 Å². The highest BCUT2D eigenvalue weighted by Crippen LogP contribution is 2.12. The molecule has 0 fully saturated rings. The van der Waals surface area contributed by atoms with Gasteiger partial charge >= 0.3 is 12.1 Å². The normalized spacial score (nSPS) is 9.78. The summed E-state index contributed by atoms with van der Waals surface area (Å²) in [7, 11) is 0. The molecule has 0 spiro atoms. The third kappa shape index (κ3) is 6.09. The molecule has 2 rings (SSSR count). The zero-order valence-corrected chi connectivity index (χ0v) is 12.7. The van der Waals surface area contributed by atoms with Crippen molar-refractivity contribution in [3.63, 3.8) is 0 Å². The van der Waals surface area contributed by atoms with E-state index in [2.05, 4.69) is 5.32 Å². The Balaban J connectivity index is 1.64. The van der Waals surface area contributed by atoms with Gasteiger partial charge in [0.25, 0.3) is 0 Å². The maximum absolute atomic E-state index is 11.5. The van der Waals surface area contributed by atoms with Crippen LogP contribution in [0.25, 0.3) is 0 Å². The Kier molecular flexibility index (Phi) is 5.99. The molecule has 0 unspecified atom stereocenters. The second kappa shape index (κ2) is 8.43. The summed E-state index contributed by atoms with van der Waals surface area (Å²) in [5, 5.41) is 2.32. The number of aryl methyl sites for hydroxylation is 1. The van der Waals surface area contributed by atoms with Crippen LogP contribution in [0.3, 0.4) is 0 Å². The molecule has 120 valence electrons. The molecule has 2 aromatic rings. The fourth-order valence-corrected chi connectivity index (χ4v) is 1.70. The van der Waals surface area contributed by atoms with Crippen LogP contribution in [0.4, 0.5) is 4.79 Å². The number of benzene rings is 2. The Morgan fingerprint density at radius 1 is 1.00 bits per heavy atom. The number of amides is 1. The van der Waals surface area contributed by atoms with Crippen LogP contribution in [0.15, 0.2) is 54.6 Å².